The highest BCUT2D eigenvalue weighted by Crippen LogP contribution is 2.09. The minimum atomic E-state index is -3.63. The minimum Gasteiger partial charge on any atom is -0.340 e. The van der Waals surface area contributed by atoms with E-state index in [2.05, 4.69) is 17.3 Å². The van der Waals surface area contributed by atoms with Gasteiger partial charge in [0.25, 0.3) is 0 Å². The molecule has 0 radical (unpaired) electrons. The van der Waals surface area contributed by atoms with Crippen LogP contribution < -0.4 is 10.5 Å². The number of amides is 1. The molecule has 2 rings (SSSR count). The van der Waals surface area contributed by atoms with Crippen molar-refractivity contribution in [2.45, 2.75) is 17.7 Å². The number of rotatable bonds is 7. The lowest BCUT2D eigenvalue weighted by Crippen LogP contribution is -2.47. The summed E-state index contributed by atoms with van der Waals surface area (Å²) >= 11 is 0. The third kappa shape index (κ3) is 5.86. The van der Waals surface area contributed by atoms with E-state index in [1.807, 2.05) is 4.90 Å². The highest BCUT2D eigenvalue weighted by atomic mass is 32.2. The van der Waals surface area contributed by atoms with Gasteiger partial charge in [0.15, 0.2) is 0 Å². The van der Waals surface area contributed by atoms with Crippen LogP contribution in [0.1, 0.15) is 12.0 Å². The SMILES string of the molecule is CN1CCN(C(=O)CCNCCc2ccc(S(N)(=O)=O)cc2)CC1. The van der Waals surface area contributed by atoms with E-state index >= 15 is 0 Å². The number of hydrogen-bond donors (Lipinski definition) is 2. The van der Waals surface area contributed by atoms with Crippen molar-refractivity contribution >= 4 is 15.9 Å². The summed E-state index contributed by atoms with van der Waals surface area (Å²) in [7, 11) is -1.56. The van der Waals surface area contributed by atoms with Crippen LogP contribution >= 0.6 is 0 Å². The number of carbonyl (C=O) groups is 1. The predicted octanol–water partition coefficient (Wildman–Crippen LogP) is -0.370. The molecular formula is C16H26N4O3S. The van der Waals surface area contributed by atoms with Gasteiger partial charge in [-0.05, 0) is 37.7 Å². The lowest BCUT2D eigenvalue weighted by molar-refractivity contribution is -0.132. The number of nitrogens with one attached hydrogen (secondary N) is 1. The van der Waals surface area contributed by atoms with Crippen LogP contribution in [-0.2, 0) is 21.2 Å². The number of carbonyl (C=O) groups excluding carboxylic acids is 1. The fraction of sp³-hybridized carbons (Fsp3) is 0.562. The number of likely N-dealkylation sites (N-methyl/N-ethyl adjacent to an activating group) is 1. The first kappa shape index (κ1) is 18.9. The van der Waals surface area contributed by atoms with Gasteiger partial charge in [-0.2, -0.15) is 0 Å². The van der Waals surface area contributed by atoms with E-state index < -0.39 is 10.0 Å². The summed E-state index contributed by atoms with van der Waals surface area (Å²) in [6, 6.07) is 6.55. The molecular weight excluding hydrogens is 328 g/mol. The first-order chi connectivity index (χ1) is 11.4. The van der Waals surface area contributed by atoms with Gasteiger partial charge in [0, 0.05) is 39.1 Å². The van der Waals surface area contributed by atoms with E-state index in [1.165, 1.54) is 12.1 Å². The third-order valence-electron chi connectivity index (χ3n) is 4.21. The van der Waals surface area contributed by atoms with E-state index in [4.69, 9.17) is 5.14 Å². The quantitative estimate of drug-likeness (QED) is 0.652. The van der Waals surface area contributed by atoms with Crippen LogP contribution in [0.2, 0.25) is 0 Å². The Kier molecular flexibility index (Phi) is 6.73. The summed E-state index contributed by atoms with van der Waals surface area (Å²) in [5, 5.41) is 8.32. The van der Waals surface area contributed by atoms with Gasteiger partial charge in [0.2, 0.25) is 15.9 Å². The maximum absolute atomic E-state index is 12.1. The molecule has 1 aromatic carbocycles. The molecule has 0 spiro atoms. The minimum absolute atomic E-state index is 0.122. The summed E-state index contributed by atoms with van der Waals surface area (Å²) < 4.78 is 22.4. The average molecular weight is 354 g/mol. The number of nitrogens with zero attached hydrogens (tertiary/aromatic N) is 2. The third-order valence-corrected chi connectivity index (χ3v) is 5.14. The molecule has 0 aliphatic carbocycles. The lowest BCUT2D eigenvalue weighted by atomic mass is 10.1. The molecule has 1 aliphatic rings. The first-order valence-corrected chi connectivity index (χ1v) is 9.69. The van der Waals surface area contributed by atoms with Crippen molar-refractivity contribution < 1.29 is 13.2 Å². The molecule has 1 heterocycles. The Bertz CT molecular complexity index is 638. The molecule has 3 N–H and O–H groups in total. The van der Waals surface area contributed by atoms with Gasteiger partial charge in [-0.25, -0.2) is 13.6 Å². The normalized spacial score (nSPS) is 16.3. The van der Waals surface area contributed by atoms with E-state index in [9.17, 15) is 13.2 Å². The van der Waals surface area contributed by atoms with Crippen molar-refractivity contribution in [1.29, 1.82) is 0 Å². The van der Waals surface area contributed by atoms with E-state index in [0.717, 1.165) is 44.7 Å². The number of hydrogen-bond acceptors (Lipinski definition) is 5. The van der Waals surface area contributed by atoms with Gasteiger partial charge < -0.3 is 15.1 Å². The van der Waals surface area contributed by atoms with Crippen LogP contribution in [0.15, 0.2) is 29.2 Å². The van der Waals surface area contributed by atoms with Crippen LogP contribution in [0, 0.1) is 0 Å². The molecule has 1 saturated heterocycles. The molecule has 7 nitrogen and oxygen atoms in total. The van der Waals surface area contributed by atoms with Gasteiger partial charge in [0.1, 0.15) is 0 Å². The number of primary sulfonamides is 1. The van der Waals surface area contributed by atoms with Crippen molar-refractivity contribution in [3.05, 3.63) is 29.8 Å². The standard InChI is InChI=1S/C16H26N4O3S/c1-19-10-12-20(13-11-19)16(21)7-9-18-8-6-14-2-4-15(5-3-14)24(17,22)23/h2-5,18H,6-13H2,1H3,(H2,17,22,23). The zero-order valence-electron chi connectivity index (χ0n) is 14.1. The smallest absolute Gasteiger partial charge is 0.238 e. The van der Waals surface area contributed by atoms with E-state index in [0.29, 0.717) is 13.0 Å². The molecule has 1 aromatic rings. The largest absolute Gasteiger partial charge is 0.340 e. The van der Waals surface area contributed by atoms with Crippen molar-refractivity contribution in [2.75, 3.05) is 46.3 Å². The Morgan fingerprint density at radius 2 is 1.75 bits per heavy atom. The van der Waals surface area contributed by atoms with Crippen LogP contribution in [-0.4, -0.2) is 70.4 Å². The van der Waals surface area contributed by atoms with Crippen molar-refractivity contribution in [2.24, 2.45) is 5.14 Å². The predicted molar refractivity (Wildman–Crippen MR) is 93.1 cm³/mol. The second kappa shape index (κ2) is 8.57. The highest BCUT2D eigenvalue weighted by Gasteiger charge is 2.18. The Hall–Kier alpha value is -1.48. The fourth-order valence-corrected chi connectivity index (χ4v) is 3.13. The average Bonchev–Trinajstić information content (AvgIpc) is 2.54. The second-order valence-corrected chi connectivity index (χ2v) is 7.68. The molecule has 1 aliphatic heterocycles. The van der Waals surface area contributed by atoms with E-state index in [1.54, 1.807) is 12.1 Å². The zero-order chi connectivity index (χ0) is 17.6. The van der Waals surface area contributed by atoms with E-state index in [-0.39, 0.29) is 10.8 Å². The Labute approximate surface area is 143 Å². The molecule has 134 valence electrons. The Balaban J connectivity index is 1.63. The van der Waals surface area contributed by atoms with Crippen LogP contribution in [0.25, 0.3) is 0 Å². The fourth-order valence-electron chi connectivity index (χ4n) is 2.61. The number of nitrogens with two attached hydrogens (primary N) is 1. The van der Waals surface area contributed by atoms with Crippen LogP contribution in [0.3, 0.4) is 0 Å². The first-order valence-electron chi connectivity index (χ1n) is 8.15. The molecule has 1 fully saturated rings. The van der Waals surface area contributed by atoms with Gasteiger partial charge >= 0.3 is 0 Å². The summed E-state index contributed by atoms with van der Waals surface area (Å²) in [4.78, 5) is 16.3. The van der Waals surface area contributed by atoms with Crippen LogP contribution in [0.5, 0.6) is 0 Å². The summed E-state index contributed by atoms with van der Waals surface area (Å²) in [5.41, 5.74) is 1.03. The zero-order valence-corrected chi connectivity index (χ0v) is 14.9. The van der Waals surface area contributed by atoms with Gasteiger partial charge in [-0.15, -0.1) is 0 Å². The van der Waals surface area contributed by atoms with Crippen LogP contribution in [0.4, 0.5) is 0 Å². The summed E-state index contributed by atoms with van der Waals surface area (Å²) in [6.45, 7) is 4.89. The molecule has 0 aromatic heterocycles. The molecule has 24 heavy (non-hydrogen) atoms. The molecule has 0 bridgehead atoms. The number of piperazine rings is 1. The maximum Gasteiger partial charge on any atom is 0.238 e. The lowest BCUT2D eigenvalue weighted by Gasteiger charge is -2.32. The topological polar surface area (TPSA) is 95.7 Å². The number of benzene rings is 1. The molecule has 0 atom stereocenters. The van der Waals surface area contributed by atoms with Gasteiger partial charge in [0.05, 0.1) is 4.90 Å². The number of sulfonamides is 1. The van der Waals surface area contributed by atoms with Crippen molar-refractivity contribution in [1.82, 2.24) is 15.1 Å². The van der Waals surface area contributed by atoms with Crippen molar-refractivity contribution in [3.63, 3.8) is 0 Å². The maximum atomic E-state index is 12.1. The second-order valence-electron chi connectivity index (χ2n) is 6.12. The molecule has 8 heteroatoms. The summed E-state index contributed by atoms with van der Waals surface area (Å²) in [6.07, 6.45) is 1.28. The highest BCUT2D eigenvalue weighted by molar-refractivity contribution is 7.89. The Morgan fingerprint density at radius 1 is 1.12 bits per heavy atom. The molecule has 0 saturated carbocycles. The van der Waals surface area contributed by atoms with Gasteiger partial charge in [-0.3, -0.25) is 4.79 Å². The van der Waals surface area contributed by atoms with Gasteiger partial charge in [-0.1, -0.05) is 12.1 Å². The molecule has 0 unspecified atom stereocenters. The summed E-state index contributed by atoms with van der Waals surface area (Å²) in [5.74, 6) is 0.202. The monoisotopic (exact) mass is 354 g/mol. The van der Waals surface area contributed by atoms with Crippen molar-refractivity contribution in [3.8, 4) is 0 Å². The molecule has 1 amide bonds. The Morgan fingerprint density at radius 3 is 2.33 bits per heavy atom.